The predicted octanol–water partition coefficient (Wildman–Crippen LogP) is 1.41. The van der Waals surface area contributed by atoms with E-state index in [0.717, 1.165) is 37.3 Å². The van der Waals surface area contributed by atoms with Crippen LogP contribution in [0.15, 0.2) is 49.3 Å². The van der Waals surface area contributed by atoms with Crippen molar-refractivity contribution >= 4 is 5.91 Å². The molecule has 1 unspecified atom stereocenters. The maximum Gasteiger partial charge on any atom is 0.273 e. The smallest absolute Gasteiger partial charge is 0.273 e. The summed E-state index contributed by atoms with van der Waals surface area (Å²) in [5.74, 6) is 0.395. The number of hydrogen-bond acceptors (Lipinski definition) is 6. The zero-order chi connectivity index (χ0) is 18.6. The molecule has 1 amide bonds. The maximum atomic E-state index is 12.6. The second-order valence-electron chi connectivity index (χ2n) is 6.71. The SMILES string of the molecule is CN(CC1CCNC1)C(=O)c1cnc(-c2cncc(-n3cccn3)c2)cn1. The average Bonchev–Trinajstić information content (AvgIpc) is 3.42. The van der Waals surface area contributed by atoms with Crippen LogP contribution in [0.1, 0.15) is 16.9 Å². The zero-order valence-corrected chi connectivity index (χ0v) is 15.1. The highest BCUT2D eigenvalue weighted by Crippen LogP contribution is 2.18. The third-order valence-corrected chi connectivity index (χ3v) is 4.70. The van der Waals surface area contributed by atoms with Crippen LogP contribution in [0.5, 0.6) is 0 Å². The van der Waals surface area contributed by atoms with Crippen LogP contribution in [-0.2, 0) is 0 Å². The molecule has 1 atom stereocenters. The van der Waals surface area contributed by atoms with Crippen LogP contribution in [0.3, 0.4) is 0 Å². The number of nitrogens with one attached hydrogen (secondary N) is 1. The molecular weight excluding hydrogens is 342 g/mol. The van der Waals surface area contributed by atoms with E-state index < -0.39 is 0 Å². The van der Waals surface area contributed by atoms with Crippen molar-refractivity contribution in [3.05, 3.63) is 55.0 Å². The molecule has 0 spiro atoms. The Bertz CT molecular complexity index is 902. The molecule has 1 aliphatic rings. The number of carbonyl (C=O) groups excluding carboxylic acids is 1. The van der Waals surface area contributed by atoms with Gasteiger partial charge in [-0.1, -0.05) is 0 Å². The van der Waals surface area contributed by atoms with E-state index in [1.807, 2.05) is 25.4 Å². The normalized spacial score (nSPS) is 16.4. The van der Waals surface area contributed by atoms with Gasteiger partial charge in [-0.2, -0.15) is 5.10 Å². The lowest BCUT2D eigenvalue weighted by atomic mass is 10.1. The molecule has 1 N–H and O–H groups in total. The lowest BCUT2D eigenvalue weighted by Gasteiger charge is -2.20. The number of aromatic nitrogens is 5. The molecule has 1 aliphatic heterocycles. The average molecular weight is 363 g/mol. The van der Waals surface area contributed by atoms with E-state index in [1.54, 1.807) is 34.4 Å². The number of rotatable bonds is 5. The Labute approximate surface area is 157 Å². The molecule has 0 aromatic carbocycles. The molecule has 0 bridgehead atoms. The van der Waals surface area contributed by atoms with E-state index in [1.165, 1.54) is 6.20 Å². The van der Waals surface area contributed by atoms with Crippen molar-refractivity contribution in [2.75, 3.05) is 26.7 Å². The summed E-state index contributed by atoms with van der Waals surface area (Å²) < 4.78 is 1.73. The van der Waals surface area contributed by atoms with Crippen molar-refractivity contribution in [2.45, 2.75) is 6.42 Å². The van der Waals surface area contributed by atoms with Crippen LogP contribution in [0.2, 0.25) is 0 Å². The molecule has 0 saturated carbocycles. The third kappa shape index (κ3) is 3.85. The molecule has 27 heavy (non-hydrogen) atoms. The Kier molecular flexibility index (Phi) is 4.88. The van der Waals surface area contributed by atoms with E-state index in [4.69, 9.17) is 0 Å². The minimum absolute atomic E-state index is 0.107. The topological polar surface area (TPSA) is 88.8 Å². The molecular formula is C19H21N7O. The molecule has 0 radical (unpaired) electrons. The summed E-state index contributed by atoms with van der Waals surface area (Å²) in [7, 11) is 1.81. The lowest BCUT2D eigenvalue weighted by Crippen LogP contribution is -2.33. The first-order valence-electron chi connectivity index (χ1n) is 8.94. The van der Waals surface area contributed by atoms with E-state index in [-0.39, 0.29) is 5.91 Å². The van der Waals surface area contributed by atoms with Crippen molar-refractivity contribution < 1.29 is 4.79 Å². The standard InChI is InChI=1S/C19H21N7O/c1-25(13-14-3-5-20-8-14)19(27)18-12-22-17(11-23-18)15-7-16(10-21-9-15)26-6-2-4-24-26/h2,4,6-7,9-12,14,20H,3,5,8,13H2,1H3. The highest BCUT2D eigenvalue weighted by atomic mass is 16.2. The van der Waals surface area contributed by atoms with Crippen LogP contribution in [0.4, 0.5) is 0 Å². The van der Waals surface area contributed by atoms with Crippen LogP contribution < -0.4 is 5.32 Å². The van der Waals surface area contributed by atoms with Gasteiger partial charge in [0.1, 0.15) is 5.69 Å². The molecule has 0 aliphatic carbocycles. The molecule has 1 fully saturated rings. The van der Waals surface area contributed by atoms with E-state index in [2.05, 4.69) is 25.4 Å². The van der Waals surface area contributed by atoms with Crippen molar-refractivity contribution in [3.63, 3.8) is 0 Å². The fraction of sp³-hybridized carbons (Fsp3) is 0.316. The predicted molar refractivity (Wildman–Crippen MR) is 100 cm³/mol. The Morgan fingerprint density at radius 3 is 2.93 bits per heavy atom. The number of carbonyl (C=O) groups is 1. The maximum absolute atomic E-state index is 12.6. The summed E-state index contributed by atoms with van der Waals surface area (Å²) in [6, 6.07) is 3.79. The van der Waals surface area contributed by atoms with Crippen molar-refractivity contribution in [1.82, 2.24) is 34.9 Å². The lowest BCUT2D eigenvalue weighted by molar-refractivity contribution is 0.0770. The van der Waals surface area contributed by atoms with Gasteiger partial charge in [-0.3, -0.25) is 14.8 Å². The van der Waals surface area contributed by atoms with Crippen molar-refractivity contribution in [2.24, 2.45) is 5.92 Å². The van der Waals surface area contributed by atoms with Gasteiger partial charge in [-0.25, -0.2) is 9.67 Å². The van der Waals surface area contributed by atoms with Gasteiger partial charge in [0.15, 0.2) is 0 Å². The Morgan fingerprint density at radius 2 is 2.22 bits per heavy atom. The molecule has 4 heterocycles. The molecule has 1 saturated heterocycles. The van der Waals surface area contributed by atoms with Gasteiger partial charge >= 0.3 is 0 Å². The number of pyridine rings is 1. The van der Waals surface area contributed by atoms with Crippen LogP contribution in [0, 0.1) is 5.92 Å². The van der Waals surface area contributed by atoms with E-state index >= 15 is 0 Å². The van der Waals surface area contributed by atoms with Gasteiger partial charge in [-0.05, 0) is 37.6 Å². The van der Waals surface area contributed by atoms with Gasteiger partial charge in [-0.15, -0.1) is 0 Å². The van der Waals surface area contributed by atoms with E-state index in [9.17, 15) is 4.79 Å². The second-order valence-corrected chi connectivity index (χ2v) is 6.71. The Morgan fingerprint density at radius 1 is 1.30 bits per heavy atom. The minimum atomic E-state index is -0.107. The van der Waals surface area contributed by atoms with Crippen LogP contribution >= 0.6 is 0 Å². The fourth-order valence-electron chi connectivity index (χ4n) is 3.24. The Balaban J connectivity index is 1.49. The van der Waals surface area contributed by atoms with Gasteiger partial charge in [0.25, 0.3) is 5.91 Å². The summed E-state index contributed by atoms with van der Waals surface area (Å²) in [6.45, 7) is 2.71. The number of hydrogen-bond donors (Lipinski definition) is 1. The zero-order valence-electron chi connectivity index (χ0n) is 15.1. The Hall–Kier alpha value is -3.13. The van der Waals surface area contributed by atoms with E-state index in [0.29, 0.717) is 17.3 Å². The van der Waals surface area contributed by atoms with Gasteiger partial charge in [0.05, 0.1) is 30.0 Å². The van der Waals surface area contributed by atoms with Gasteiger partial charge in [0, 0.05) is 37.7 Å². The highest BCUT2D eigenvalue weighted by molar-refractivity contribution is 5.92. The molecule has 3 aromatic heterocycles. The molecule has 4 rings (SSSR count). The van der Waals surface area contributed by atoms with Crippen molar-refractivity contribution in [3.8, 4) is 16.9 Å². The largest absolute Gasteiger partial charge is 0.340 e. The molecule has 8 nitrogen and oxygen atoms in total. The molecule has 8 heteroatoms. The second kappa shape index (κ2) is 7.63. The molecule has 3 aromatic rings. The van der Waals surface area contributed by atoms with Crippen LogP contribution in [-0.4, -0.2) is 62.2 Å². The van der Waals surface area contributed by atoms with Gasteiger partial charge < -0.3 is 10.2 Å². The minimum Gasteiger partial charge on any atom is -0.340 e. The van der Waals surface area contributed by atoms with Crippen LogP contribution in [0.25, 0.3) is 16.9 Å². The monoisotopic (exact) mass is 363 g/mol. The number of amides is 1. The summed E-state index contributed by atoms with van der Waals surface area (Å²) in [5.41, 5.74) is 2.67. The highest BCUT2D eigenvalue weighted by Gasteiger charge is 2.21. The quantitative estimate of drug-likeness (QED) is 0.737. The van der Waals surface area contributed by atoms with Crippen molar-refractivity contribution in [1.29, 1.82) is 0 Å². The molecule has 138 valence electrons. The summed E-state index contributed by atoms with van der Waals surface area (Å²) in [5, 5.41) is 7.52. The summed E-state index contributed by atoms with van der Waals surface area (Å²) in [6.07, 6.45) is 11.3. The number of nitrogens with zero attached hydrogens (tertiary/aromatic N) is 6. The first kappa shape index (κ1) is 17.3. The first-order valence-corrected chi connectivity index (χ1v) is 8.94. The fourth-order valence-corrected chi connectivity index (χ4v) is 3.24. The third-order valence-electron chi connectivity index (χ3n) is 4.70. The summed E-state index contributed by atoms with van der Waals surface area (Å²) >= 11 is 0. The first-order chi connectivity index (χ1) is 13.2. The van der Waals surface area contributed by atoms with Gasteiger partial charge in [0.2, 0.25) is 0 Å². The summed E-state index contributed by atoms with van der Waals surface area (Å²) in [4.78, 5) is 27.3.